The molecule has 18 heavy (non-hydrogen) atoms. The Balaban J connectivity index is 1.97. The molecule has 0 nitrogen and oxygen atoms in total. The number of hydrogen-bond donors (Lipinski definition) is 0. The van der Waals surface area contributed by atoms with Gasteiger partial charge in [0.25, 0.3) is 0 Å². The third-order valence-corrected chi connectivity index (χ3v) is 5.22. The largest absolute Gasteiger partial charge is 0.0622 e. The van der Waals surface area contributed by atoms with Crippen molar-refractivity contribution >= 4 is 0 Å². The third-order valence-electron chi connectivity index (χ3n) is 5.22. The smallest absolute Gasteiger partial charge is 0.0246 e. The predicted octanol–water partition coefficient (Wildman–Crippen LogP) is 4.28. The minimum atomic E-state index is 0.321. The van der Waals surface area contributed by atoms with Gasteiger partial charge in [0.15, 0.2) is 0 Å². The predicted molar refractivity (Wildman–Crippen MR) is 74.8 cm³/mol. The van der Waals surface area contributed by atoms with Crippen molar-refractivity contribution in [1.29, 1.82) is 0 Å². The lowest BCUT2D eigenvalue weighted by Gasteiger charge is -2.22. The van der Waals surface area contributed by atoms with Crippen LogP contribution in [0.2, 0.25) is 0 Å². The van der Waals surface area contributed by atoms with Gasteiger partial charge >= 0.3 is 0 Å². The Labute approximate surface area is 109 Å². The fourth-order valence-corrected chi connectivity index (χ4v) is 4.26. The summed E-state index contributed by atoms with van der Waals surface area (Å²) in [5.41, 5.74) is 5.29. The van der Waals surface area contributed by atoms with Crippen molar-refractivity contribution in [3.8, 4) is 0 Å². The second kappa shape index (κ2) is 3.06. The molecule has 2 aromatic rings. The Bertz CT molecular complexity index is 609. The Hall–Kier alpha value is -1.56. The van der Waals surface area contributed by atoms with Gasteiger partial charge in [-0.1, -0.05) is 68.4 Å². The number of fused-ring (bicyclic) bond motifs is 3. The lowest BCUT2D eigenvalue weighted by atomic mass is 9.82. The second-order valence-corrected chi connectivity index (χ2v) is 6.36. The van der Waals surface area contributed by atoms with E-state index in [1.54, 1.807) is 11.1 Å². The molecule has 0 heterocycles. The van der Waals surface area contributed by atoms with Gasteiger partial charge in [0, 0.05) is 5.41 Å². The molecule has 0 heteroatoms. The first kappa shape index (κ1) is 10.4. The fraction of sp³-hybridized carbons (Fsp3) is 0.333. The molecule has 4 rings (SSSR count). The van der Waals surface area contributed by atoms with Gasteiger partial charge in [0.1, 0.15) is 0 Å². The van der Waals surface area contributed by atoms with E-state index in [0.717, 1.165) is 5.92 Å². The summed E-state index contributed by atoms with van der Waals surface area (Å²) in [4.78, 5) is 0. The van der Waals surface area contributed by atoms with Gasteiger partial charge in [0.2, 0.25) is 0 Å². The lowest BCUT2D eigenvalue weighted by Crippen LogP contribution is -2.17. The maximum Gasteiger partial charge on any atom is 0.0246 e. The van der Waals surface area contributed by atoms with Crippen LogP contribution in [0.25, 0.3) is 0 Å². The topological polar surface area (TPSA) is 0 Å². The normalized spacial score (nSPS) is 30.7. The van der Waals surface area contributed by atoms with E-state index in [1.165, 1.54) is 12.0 Å². The molecule has 0 spiro atoms. The highest BCUT2D eigenvalue weighted by molar-refractivity contribution is 5.60. The Morgan fingerprint density at radius 3 is 2.17 bits per heavy atom. The molecule has 0 N–H and O–H groups in total. The molecule has 90 valence electrons. The summed E-state index contributed by atoms with van der Waals surface area (Å²) in [5.74, 6) is 0.782. The maximum atomic E-state index is 2.41. The molecule has 2 unspecified atom stereocenters. The van der Waals surface area contributed by atoms with Crippen LogP contribution in [0.5, 0.6) is 0 Å². The van der Waals surface area contributed by atoms with Crippen LogP contribution < -0.4 is 0 Å². The molecule has 2 aromatic carbocycles. The monoisotopic (exact) mass is 234 g/mol. The van der Waals surface area contributed by atoms with E-state index in [0.29, 0.717) is 10.8 Å². The molecule has 0 radical (unpaired) electrons. The van der Waals surface area contributed by atoms with E-state index < -0.39 is 0 Å². The number of benzene rings is 2. The Morgan fingerprint density at radius 2 is 1.44 bits per heavy atom. The second-order valence-electron chi connectivity index (χ2n) is 6.36. The molecule has 0 aliphatic heterocycles. The zero-order valence-corrected chi connectivity index (χ0v) is 11.0. The molecule has 1 saturated carbocycles. The molecule has 0 amide bonds. The van der Waals surface area contributed by atoms with Crippen molar-refractivity contribution in [1.82, 2.24) is 0 Å². The van der Waals surface area contributed by atoms with Crippen LogP contribution in [0.1, 0.15) is 37.0 Å². The van der Waals surface area contributed by atoms with Crippen LogP contribution in [-0.2, 0) is 10.8 Å². The van der Waals surface area contributed by atoms with Gasteiger partial charge in [-0.05, 0) is 34.4 Å². The average Bonchev–Trinajstić information content (AvgIpc) is 3.13. The summed E-state index contributed by atoms with van der Waals surface area (Å²) in [5, 5.41) is 0. The van der Waals surface area contributed by atoms with Gasteiger partial charge in [-0.3, -0.25) is 0 Å². The Morgan fingerprint density at radius 1 is 0.833 bits per heavy atom. The number of hydrogen-bond acceptors (Lipinski definition) is 0. The van der Waals surface area contributed by atoms with E-state index in [-0.39, 0.29) is 0 Å². The van der Waals surface area contributed by atoms with Crippen LogP contribution in [0.4, 0.5) is 0 Å². The molecule has 0 bridgehead atoms. The third kappa shape index (κ3) is 1.03. The zero-order chi connectivity index (χ0) is 12.4. The van der Waals surface area contributed by atoms with E-state index in [2.05, 4.69) is 68.4 Å². The summed E-state index contributed by atoms with van der Waals surface area (Å²) in [6.07, 6.45) is 1.32. The van der Waals surface area contributed by atoms with Crippen LogP contribution in [0.3, 0.4) is 0 Å². The highest BCUT2D eigenvalue weighted by atomic mass is 14.7. The van der Waals surface area contributed by atoms with E-state index in [1.807, 2.05) is 0 Å². The summed E-state index contributed by atoms with van der Waals surface area (Å²) < 4.78 is 0. The Kier molecular flexibility index (Phi) is 1.76. The van der Waals surface area contributed by atoms with Crippen LogP contribution in [0, 0.1) is 5.92 Å². The van der Waals surface area contributed by atoms with E-state index in [9.17, 15) is 0 Å². The van der Waals surface area contributed by atoms with E-state index >= 15 is 0 Å². The zero-order valence-electron chi connectivity index (χ0n) is 11.0. The van der Waals surface area contributed by atoms with Crippen molar-refractivity contribution in [2.45, 2.75) is 31.1 Å². The SMILES string of the molecule is CC1(C)c2ccccc2C2(c3ccccc3)CC12. The molecular formula is C18H18. The van der Waals surface area contributed by atoms with Crippen LogP contribution in [0.15, 0.2) is 54.6 Å². The van der Waals surface area contributed by atoms with Gasteiger partial charge < -0.3 is 0 Å². The lowest BCUT2D eigenvalue weighted by molar-refractivity contribution is 0.458. The van der Waals surface area contributed by atoms with Crippen molar-refractivity contribution in [3.63, 3.8) is 0 Å². The van der Waals surface area contributed by atoms with Gasteiger partial charge in [-0.2, -0.15) is 0 Å². The maximum absolute atomic E-state index is 2.41. The van der Waals surface area contributed by atoms with Crippen LogP contribution >= 0.6 is 0 Å². The first-order chi connectivity index (χ1) is 8.67. The summed E-state index contributed by atoms with van der Waals surface area (Å²) >= 11 is 0. The van der Waals surface area contributed by atoms with Crippen molar-refractivity contribution in [2.75, 3.05) is 0 Å². The standard InChI is InChI=1S/C18H18/c1-17(2)14-10-6-7-11-15(14)18(12-16(17)18)13-8-4-3-5-9-13/h3-11,16H,12H2,1-2H3. The quantitative estimate of drug-likeness (QED) is 0.690. The van der Waals surface area contributed by atoms with Crippen molar-refractivity contribution < 1.29 is 0 Å². The van der Waals surface area contributed by atoms with Crippen molar-refractivity contribution in [3.05, 3.63) is 71.3 Å². The fourth-order valence-electron chi connectivity index (χ4n) is 4.26. The van der Waals surface area contributed by atoms with Gasteiger partial charge in [0.05, 0.1) is 0 Å². The summed E-state index contributed by atoms with van der Waals surface area (Å²) in [6.45, 7) is 4.82. The molecule has 2 aliphatic carbocycles. The van der Waals surface area contributed by atoms with Crippen LogP contribution in [-0.4, -0.2) is 0 Å². The first-order valence-corrected chi connectivity index (χ1v) is 6.83. The molecule has 2 aliphatic rings. The van der Waals surface area contributed by atoms with Gasteiger partial charge in [-0.15, -0.1) is 0 Å². The molecule has 1 fully saturated rings. The first-order valence-electron chi connectivity index (χ1n) is 6.83. The van der Waals surface area contributed by atoms with Gasteiger partial charge in [-0.25, -0.2) is 0 Å². The molecule has 2 atom stereocenters. The highest BCUT2D eigenvalue weighted by Crippen LogP contribution is 2.71. The molecule has 0 saturated heterocycles. The molecular weight excluding hydrogens is 216 g/mol. The minimum absolute atomic E-state index is 0.321. The van der Waals surface area contributed by atoms with E-state index in [4.69, 9.17) is 0 Å². The molecule has 0 aromatic heterocycles. The highest BCUT2D eigenvalue weighted by Gasteiger charge is 2.68. The summed E-state index contributed by atoms with van der Waals surface area (Å²) in [7, 11) is 0. The minimum Gasteiger partial charge on any atom is -0.0622 e. The van der Waals surface area contributed by atoms with Crippen molar-refractivity contribution in [2.24, 2.45) is 5.92 Å². The summed E-state index contributed by atoms with van der Waals surface area (Å²) in [6, 6.07) is 20.1. The average molecular weight is 234 g/mol. The number of rotatable bonds is 1.